The average molecular weight is 315 g/mol. The molecule has 4 rings (SSSR count). The lowest BCUT2D eigenvalue weighted by molar-refractivity contribution is -0.116. The van der Waals surface area contributed by atoms with Gasteiger partial charge in [-0.05, 0) is 24.3 Å². The summed E-state index contributed by atoms with van der Waals surface area (Å²) in [6, 6.07) is 16.0. The Bertz CT molecular complexity index is 938. The Hall–Kier alpha value is -3.27. The number of carbonyl (C=O) groups is 3. The second-order valence-electron chi connectivity index (χ2n) is 5.73. The van der Waals surface area contributed by atoms with Crippen molar-refractivity contribution in [1.29, 1.82) is 0 Å². The first kappa shape index (κ1) is 14.3. The Balaban J connectivity index is 1.88. The van der Waals surface area contributed by atoms with Gasteiger partial charge in [-0.3, -0.25) is 14.4 Å². The van der Waals surface area contributed by atoms with E-state index in [9.17, 15) is 14.4 Å². The first-order valence-electron chi connectivity index (χ1n) is 7.63. The zero-order chi connectivity index (χ0) is 16.7. The average Bonchev–Trinajstić information content (AvgIpc) is 2.62. The Morgan fingerprint density at radius 2 is 1.42 bits per heavy atom. The summed E-state index contributed by atoms with van der Waals surface area (Å²) in [4.78, 5) is 37.9. The topological polar surface area (TPSA) is 63.2 Å². The predicted octanol–water partition coefficient (Wildman–Crippen LogP) is 3.19. The highest BCUT2D eigenvalue weighted by molar-refractivity contribution is 6.31. The van der Waals surface area contributed by atoms with Gasteiger partial charge in [0.25, 0.3) is 0 Å². The van der Waals surface area contributed by atoms with Crippen LogP contribution in [-0.4, -0.2) is 17.3 Å². The van der Waals surface area contributed by atoms with Gasteiger partial charge in [-0.2, -0.15) is 0 Å². The molecule has 4 nitrogen and oxygen atoms in total. The molecule has 2 aromatic carbocycles. The summed E-state index contributed by atoms with van der Waals surface area (Å²) < 4.78 is 0. The number of hydrogen-bond donors (Lipinski definition) is 1. The third-order valence-corrected chi connectivity index (χ3v) is 4.27. The number of ketones is 3. The van der Waals surface area contributed by atoms with Gasteiger partial charge in [0.15, 0.2) is 17.3 Å². The Morgan fingerprint density at radius 3 is 2.17 bits per heavy atom. The molecule has 2 aliphatic rings. The van der Waals surface area contributed by atoms with Crippen LogP contribution < -0.4 is 5.32 Å². The van der Waals surface area contributed by atoms with E-state index in [4.69, 9.17) is 0 Å². The summed E-state index contributed by atoms with van der Waals surface area (Å²) in [6.07, 6.45) is 2.93. The van der Waals surface area contributed by atoms with Gasteiger partial charge in [0.05, 0.1) is 0 Å². The molecule has 0 amide bonds. The number of carbonyl (C=O) groups excluding carboxylic acids is 3. The van der Waals surface area contributed by atoms with Crippen LogP contribution in [-0.2, 0) is 4.79 Å². The number of nitrogens with one attached hydrogen (secondary N) is 1. The molecular formula is C20H13NO3. The largest absolute Gasteiger partial charge is 0.355 e. The molecule has 1 N–H and O–H groups in total. The highest BCUT2D eigenvalue weighted by atomic mass is 16.2. The fraction of sp³-hybridized carbons (Fsp3) is 0.0500. The summed E-state index contributed by atoms with van der Waals surface area (Å²) in [6.45, 7) is 0. The molecule has 0 aliphatic heterocycles. The predicted molar refractivity (Wildman–Crippen MR) is 89.8 cm³/mol. The summed E-state index contributed by atoms with van der Waals surface area (Å²) in [5, 5.41) is 3.15. The van der Waals surface area contributed by atoms with Crippen LogP contribution in [0.15, 0.2) is 78.0 Å². The maximum atomic E-state index is 12.9. The van der Waals surface area contributed by atoms with Crippen LogP contribution in [0.4, 0.5) is 5.69 Å². The molecule has 0 spiro atoms. The molecule has 2 aliphatic carbocycles. The van der Waals surface area contributed by atoms with E-state index in [-0.39, 0.29) is 22.9 Å². The normalized spacial score (nSPS) is 19.2. The molecule has 2 aromatic rings. The number of hydrogen-bond acceptors (Lipinski definition) is 4. The lowest BCUT2D eigenvalue weighted by Crippen LogP contribution is -2.37. The fourth-order valence-corrected chi connectivity index (χ4v) is 3.15. The number of para-hydroxylation sites is 1. The summed E-state index contributed by atoms with van der Waals surface area (Å²) in [5.41, 5.74) is 2.19. The van der Waals surface area contributed by atoms with E-state index in [1.54, 1.807) is 30.3 Å². The van der Waals surface area contributed by atoms with Gasteiger partial charge in [-0.1, -0.05) is 42.5 Å². The molecule has 1 unspecified atom stereocenters. The Morgan fingerprint density at radius 1 is 0.750 bits per heavy atom. The maximum Gasteiger partial charge on any atom is 0.193 e. The lowest BCUT2D eigenvalue weighted by atomic mass is 9.73. The first-order valence-corrected chi connectivity index (χ1v) is 7.63. The van der Waals surface area contributed by atoms with Crippen LogP contribution in [0.2, 0.25) is 0 Å². The van der Waals surface area contributed by atoms with Gasteiger partial charge >= 0.3 is 0 Å². The fourth-order valence-electron chi connectivity index (χ4n) is 3.15. The van der Waals surface area contributed by atoms with E-state index < -0.39 is 5.92 Å². The van der Waals surface area contributed by atoms with Gasteiger partial charge in [0.1, 0.15) is 5.92 Å². The number of fused-ring (bicyclic) bond motifs is 2. The van der Waals surface area contributed by atoms with E-state index >= 15 is 0 Å². The SMILES string of the molecule is O=C1C2=C(Nc3ccccc3)C=CC(=O)C2C(=O)c2ccccc21. The van der Waals surface area contributed by atoms with Gasteiger partial charge in [-0.25, -0.2) is 0 Å². The molecule has 4 heteroatoms. The molecule has 116 valence electrons. The quantitative estimate of drug-likeness (QED) is 0.865. The van der Waals surface area contributed by atoms with Gasteiger partial charge in [0, 0.05) is 28.1 Å². The molecule has 0 radical (unpaired) electrons. The van der Waals surface area contributed by atoms with Crippen LogP contribution in [0.3, 0.4) is 0 Å². The molecule has 0 aromatic heterocycles. The van der Waals surface area contributed by atoms with E-state index in [2.05, 4.69) is 5.32 Å². The van der Waals surface area contributed by atoms with E-state index in [0.29, 0.717) is 16.8 Å². The molecule has 1 atom stereocenters. The Labute approximate surface area is 138 Å². The molecule has 0 fully saturated rings. The third kappa shape index (κ3) is 2.12. The van der Waals surface area contributed by atoms with Crippen molar-refractivity contribution in [1.82, 2.24) is 0 Å². The summed E-state index contributed by atoms with van der Waals surface area (Å²) in [5.74, 6) is -1.99. The zero-order valence-electron chi connectivity index (χ0n) is 12.7. The van der Waals surface area contributed by atoms with Crippen LogP contribution in [0.25, 0.3) is 0 Å². The lowest BCUT2D eigenvalue weighted by Gasteiger charge is -2.28. The highest BCUT2D eigenvalue weighted by Crippen LogP contribution is 2.35. The first-order chi connectivity index (χ1) is 11.7. The Kier molecular flexibility index (Phi) is 3.24. The molecule has 0 saturated carbocycles. The molecule has 24 heavy (non-hydrogen) atoms. The van der Waals surface area contributed by atoms with Crippen molar-refractivity contribution in [3.8, 4) is 0 Å². The standard InChI is InChI=1S/C20H13NO3/c22-16-11-10-15(21-12-6-2-1-3-7-12)17-18(16)20(24)14-9-5-4-8-13(14)19(17)23/h1-11,18,21H. The number of benzene rings is 2. The van der Waals surface area contributed by atoms with E-state index in [1.165, 1.54) is 6.08 Å². The van der Waals surface area contributed by atoms with Crippen molar-refractivity contribution < 1.29 is 14.4 Å². The monoisotopic (exact) mass is 315 g/mol. The van der Waals surface area contributed by atoms with Crippen LogP contribution in [0.5, 0.6) is 0 Å². The number of anilines is 1. The number of Topliss-reactive ketones (excluding diaryl/α,β-unsaturated/α-hetero) is 2. The summed E-state index contributed by atoms with van der Waals surface area (Å²) in [7, 11) is 0. The van der Waals surface area contributed by atoms with Crippen LogP contribution in [0, 0.1) is 5.92 Å². The van der Waals surface area contributed by atoms with Gasteiger partial charge in [0.2, 0.25) is 0 Å². The van der Waals surface area contributed by atoms with Crippen molar-refractivity contribution >= 4 is 23.0 Å². The van der Waals surface area contributed by atoms with Crippen LogP contribution in [0.1, 0.15) is 20.7 Å². The smallest absolute Gasteiger partial charge is 0.193 e. The van der Waals surface area contributed by atoms with Crippen molar-refractivity contribution in [2.45, 2.75) is 0 Å². The second kappa shape index (κ2) is 5.42. The third-order valence-electron chi connectivity index (χ3n) is 4.27. The molecule has 0 heterocycles. The number of rotatable bonds is 2. The minimum Gasteiger partial charge on any atom is -0.355 e. The van der Waals surface area contributed by atoms with Crippen molar-refractivity contribution in [3.63, 3.8) is 0 Å². The highest BCUT2D eigenvalue weighted by Gasteiger charge is 2.43. The van der Waals surface area contributed by atoms with Crippen molar-refractivity contribution in [2.24, 2.45) is 5.92 Å². The zero-order valence-corrected chi connectivity index (χ0v) is 12.7. The summed E-state index contributed by atoms with van der Waals surface area (Å²) >= 11 is 0. The molecule has 0 saturated heterocycles. The van der Waals surface area contributed by atoms with E-state index in [1.807, 2.05) is 30.3 Å². The molecule has 0 bridgehead atoms. The van der Waals surface area contributed by atoms with E-state index in [0.717, 1.165) is 5.69 Å². The second-order valence-corrected chi connectivity index (χ2v) is 5.73. The number of allylic oxidation sites excluding steroid dienone is 3. The van der Waals surface area contributed by atoms with Gasteiger partial charge in [-0.15, -0.1) is 0 Å². The van der Waals surface area contributed by atoms with Crippen LogP contribution >= 0.6 is 0 Å². The van der Waals surface area contributed by atoms with Gasteiger partial charge < -0.3 is 5.32 Å². The maximum absolute atomic E-state index is 12.9. The minimum atomic E-state index is -1.05. The van der Waals surface area contributed by atoms with Crippen molar-refractivity contribution in [2.75, 3.05) is 5.32 Å². The molecular weight excluding hydrogens is 302 g/mol. The minimum absolute atomic E-state index is 0.232. The van der Waals surface area contributed by atoms with Crippen molar-refractivity contribution in [3.05, 3.63) is 89.1 Å².